The smallest absolute Gasteiger partial charge is 0.323 e. The van der Waals surface area contributed by atoms with Crippen molar-refractivity contribution < 1.29 is 24.2 Å². The molecule has 0 atom stereocenters. The number of pyridine rings is 1. The summed E-state index contributed by atoms with van der Waals surface area (Å²) in [5.74, 6) is -1.35. The first-order valence-corrected chi connectivity index (χ1v) is 6.67. The summed E-state index contributed by atoms with van der Waals surface area (Å²) in [6.45, 7) is 1.45. The molecule has 0 fully saturated rings. The molecule has 22 heavy (non-hydrogen) atoms. The number of methoxy groups -OCH3 is 2. The van der Waals surface area contributed by atoms with Gasteiger partial charge in [-0.3, -0.25) is 9.59 Å². The van der Waals surface area contributed by atoms with Crippen molar-refractivity contribution in [3.63, 3.8) is 0 Å². The van der Waals surface area contributed by atoms with Gasteiger partial charge in [0.2, 0.25) is 0 Å². The van der Waals surface area contributed by atoms with Crippen molar-refractivity contribution in [1.29, 1.82) is 0 Å². The van der Waals surface area contributed by atoms with Crippen molar-refractivity contribution in [1.82, 2.24) is 4.98 Å². The number of carbonyl (C=O) groups is 2. The van der Waals surface area contributed by atoms with Crippen LogP contribution in [0.3, 0.4) is 0 Å². The Balaban J connectivity index is 2.44. The van der Waals surface area contributed by atoms with E-state index in [0.717, 1.165) is 5.39 Å². The Morgan fingerprint density at radius 1 is 1.14 bits per heavy atom. The lowest BCUT2D eigenvalue weighted by molar-refractivity contribution is -0.167. The zero-order chi connectivity index (χ0) is 16.3. The van der Waals surface area contributed by atoms with Crippen LogP contribution in [0, 0.1) is 5.41 Å². The van der Waals surface area contributed by atoms with E-state index in [1.807, 2.05) is 6.07 Å². The van der Waals surface area contributed by atoms with Crippen LogP contribution in [0.4, 0.5) is 0 Å². The second-order valence-corrected chi connectivity index (χ2v) is 5.14. The molecule has 0 saturated carbocycles. The molecule has 0 saturated heterocycles. The number of hydrogen-bond acceptors (Lipinski definition) is 6. The van der Waals surface area contributed by atoms with Gasteiger partial charge in [0.25, 0.3) is 0 Å². The van der Waals surface area contributed by atoms with E-state index in [4.69, 9.17) is 9.47 Å². The van der Waals surface area contributed by atoms with Gasteiger partial charge in [-0.1, -0.05) is 18.2 Å². The summed E-state index contributed by atoms with van der Waals surface area (Å²) in [5, 5.41) is 10.6. The standard InChI is InChI=1S/C16H17NO5/c1-16(14(19)21-2,15(20)22-3)9-11-8-7-10-5-4-6-12(18)13(10)17-11/h4-8,18H,9H2,1-3H3. The third kappa shape index (κ3) is 2.72. The summed E-state index contributed by atoms with van der Waals surface area (Å²) < 4.78 is 9.41. The van der Waals surface area contributed by atoms with Crippen LogP contribution in [0.2, 0.25) is 0 Å². The van der Waals surface area contributed by atoms with Gasteiger partial charge in [0.1, 0.15) is 11.3 Å². The molecule has 6 heteroatoms. The summed E-state index contributed by atoms with van der Waals surface area (Å²) in [6.07, 6.45) is 0.0105. The molecule has 0 aliphatic rings. The van der Waals surface area contributed by atoms with Crippen LogP contribution in [0.25, 0.3) is 10.9 Å². The molecular formula is C16H17NO5. The van der Waals surface area contributed by atoms with Crippen molar-refractivity contribution in [2.45, 2.75) is 13.3 Å². The number of esters is 2. The van der Waals surface area contributed by atoms with E-state index < -0.39 is 17.4 Å². The fourth-order valence-electron chi connectivity index (χ4n) is 2.31. The Kier molecular flexibility index (Phi) is 4.30. The van der Waals surface area contributed by atoms with Crippen LogP contribution in [0.15, 0.2) is 30.3 Å². The van der Waals surface area contributed by atoms with Gasteiger partial charge >= 0.3 is 11.9 Å². The molecule has 116 valence electrons. The lowest BCUT2D eigenvalue weighted by Gasteiger charge is -2.23. The average molecular weight is 303 g/mol. The monoisotopic (exact) mass is 303 g/mol. The van der Waals surface area contributed by atoms with E-state index in [1.54, 1.807) is 18.2 Å². The molecule has 0 radical (unpaired) electrons. The van der Waals surface area contributed by atoms with Crippen LogP contribution in [-0.4, -0.2) is 36.2 Å². The second-order valence-electron chi connectivity index (χ2n) is 5.14. The zero-order valence-electron chi connectivity index (χ0n) is 12.6. The van der Waals surface area contributed by atoms with Gasteiger partial charge in [-0.05, 0) is 19.1 Å². The lowest BCUT2D eigenvalue weighted by atomic mass is 9.85. The van der Waals surface area contributed by atoms with Crippen molar-refractivity contribution in [2.24, 2.45) is 5.41 Å². The zero-order valence-corrected chi connectivity index (χ0v) is 12.6. The number of rotatable bonds is 4. The number of aromatic hydroxyl groups is 1. The second kappa shape index (κ2) is 6.01. The van der Waals surface area contributed by atoms with Gasteiger partial charge in [-0.2, -0.15) is 0 Å². The molecule has 2 rings (SSSR count). The highest BCUT2D eigenvalue weighted by Gasteiger charge is 2.44. The number of benzene rings is 1. The maximum atomic E-state index is 12.0. The molecule has 0 bridgehead atoms. The largest absolute Gasteiger partial charge is 0.506 e. The van der Waals surface area contributed by atoms with Gasteiger partial charge in [-0.25, -0.2) is 4.98 Å². The molecule has 0 aliphatic heterocycles. The van der Waals surface area contributed by atoms with Crippen molar-refractivity contribution in [2.75, 3.05) is 14.2 Å². The molecule has 1 aromatic heterocycles. The number of para-hydroxylation sites is 1. The Hall–Kier alpha value is -2.63. The quantitative estimate of drug-likeness (QED) is 0.685. The first-order valence-electron chi connectivity index (χ1n) is 6.67. The summed E-state index contributed by atoms with van der Waals surface area (Å²) in [4.78, 5) is 28.3. The number of phenolic OH excluding ortho intramolecular Hbond substituents is 1. The van der Waals surface area contributed by atoms with Gasteiger partial charge in [0, 0.05) is 17.5 Å². The Bertz CT molecular complexity index is 710. The summed E-state index contributed by atoms with van der Waals surface area (Å²) in [7, 11) is 2.42. The third-order valence-electron chi connectivity index (χ3n) is 3.56. The molecule has 0 amide bonds. The maximum Gasteiger partial charge on any atom is 0.323 e. The van der Waals surface area contributed by atoms with Gasteiger partial charge in [0.05, 0.1) is 14.2 Å². The third-order valence-corrected chi connectivity index (χ3v) is 3.56. The van der Waals surface area contributed by atoms with Crippen LogP contribution in [0.5, 0.6) is 5.75 Å². The topological polar surface area (TPSA) is 85.7 Å². The van der Waals surface area contributed by atoms with Crippen LogP contribution in [0.1, 0.15) is 12.6 Å². The molecule has 6 nitrogen and oxygen atoms in total. The first kappa shape index (κ1) is 15.8. The Labute approximate surface area is 127 Å². The minimum atomic E-state index is -1.49. The molecule has 2 aromatic rings. The van der Waals surface area contributed by atoms with E-state index in [0.29, 0.717) is 11.2 Å². The highest BCUT2D eigenvalue weighted by atomic mass is 16.5. The van der Waals surface area contributed by atoms with Gasteiger partial charge in [-0.15, -0.1) is 0 Å². The van der Waals surface area contributed by atoms with E-state index in [2.05, 4.69) is 4.98 Å². The van der Waals surface area contributed by atoms with Gasteiger partial charge < -0.3 is 14.6 Å². The molecule has 0 unspecified atom stereocenters. The number of phenols is 1. The normalized spacial score (nSPS) is 11.2. The van der Waals surface area contributed by atoms with Crippen LogP contribution in [-0.2, 0) is 25.5 Å². The Morgan fingerprint density at radius 2 is 1.77 bits per heavy atom. The van der Waals surface area contributed by atoms with E-state index >= 15 is 0 Å². The Morgan fingerprint density at radius 3 is 2.36 bits per heavy atom. The minimum absolute atomic E-state index is 0.0105. The van der Waals surface area contributed by atoms with E-state index in [1.165, 1.54) is 27.2 Å². The molecule has 0 spiro atoms. The number of carbonyl (C=O) groups excluding carboxylic acids is 2. The number of ether oxygens (including phenoxy) is 2. The predicted octanol–water partition coefficient (Wildman–Crippen LogP) is 1.84. The highest BCUT2D eigenvalue weighted by Crippen LogP contribution is 2.28. The highest BCUT2D eigenvalue weighted by molar-refractivity contribution is 5.99. The summed E-state index contributed by atoms with van der Waals surface area (Å²) in [5.41, 5.74) is -0.599. The van der Waals surface area contributed by atoms with E-state index in [-0.39, 0.29) is 12.2 Å². The molecular weight excluding hydrogens is 286 g/mol. The number of nitrogens with zero attached hydrogens (tertiary/aromatic N) is 1. The van der Waals surface area contributed by atoms with Crippen molar-refractivity contribution in [3.05, 3.63) is 36.0 Å². The molecule has 1 aromatic carbocycles. The van der Waals surface area contributed by atoms with Gasteiger partial charge in [0.15, 0.2) is 5.41 Å². The predicted molar refractivity (Wildman–Crippen MR) is 79.3 cm³/mol. The van der Waals surface area contributed by atoms with Crippen LogP contribution >= 0.6 is 0 Å². The summed E-state index contributed by atoms with van der Waals surface area (Å²) >= 11 is 0. The molecule has 0 aliphatic carbocycles. The fraction of sp³-hybridized carbons (Fsp3) is 0.312. The summed E-state index contributed by atoms with van der Waals surface area (Å²) in [6, 6.07) is 8.52. The minimum Gasteiger partial charge on any atom is -0.506 e. The first-order chi connectivity index (χ1) is 10.4. The number of fused-ring (bicyclic) bond motifs is 1. The molecule has 1 heterocycles. The van der Waals surface area contributed by atoms with Crippen molar-refractivity contribution >= 4 is 22.8 Å². The molecule has 1 N–H and O–H groups in total. The van der Waals surface area contributed by atoms with E-state index in [9.17, 15) is 14.7 Å². The lowest BCUT2D eigenvalue weighted by Crippen LogP contribution is -2.40. The maximum absolute atomic E-state index is 12.0. The van der Waals surface area contributed by atoms with Crippen LogP contribution < -0.4 is 0 Å². The number of aromatic nitrogens is 1. The SMILES string of the molecule is COC(=O)C(C)(Cc1ccc2cccc(O)c2n1)C(=O)OC. The number of hydrogen-bond donors (Lipinski definition) is 1. The fourth-order valence-corrected chi connectivity index (χ4v) is 2.31. The van der Waals surface area contributed by atoms with Crippen molar-refractivity contribution in [3.8, 4) is 5.75 Å². The average Bonchev–Trinajstić information content (AvgIpc) is 2.53.